The summed E-state index contributed by atoms with van der Waals surface area (Å²) in [5, 5.41) is 12.0. The molecular weight excluding hydrogens is 419 g/mol. The molecule has 0 aliphatic rings. The van der Waals surface area contributed by atoms with Gasteiger partial charge in [-0.3, -0.25) is 4.79 Å². The maximum atomic E-state index is 12.3. The van der Waals surface area contributed by atoms with Gasteiger partial charge in [0.2, 0.25) is 0 Å². The van der Waals surface area contributed by atoms with Crippen LogP contribution in [0.2, 0.25) is 0 Å². The molecule has 1 N–H and O–H groups in total. The fraction of sp³-hybridized carbons (Fsp3) is 0.111. The lowest BCUT2D eigenvalue weighted by atomic mass is 10.1. The van der Waals surface area contributed by atoms with Crippen molar-refractivity contribution in [1.29, 1.82) is 5.26 Å². The number of halogens is 1. The van der Waals surface area contributed by atoms with E-state index in [-0.39, 0.29) is 5.57 Å². The Morgan fingerprint density at radius 1 is 1.21 bits per heavy atom. The molecule has 24 heavy (non-hydrogen) atoms. The van der Waals surface area contributed by atoms with E-state index in [0.29, 0.717) is 22.7 Å². The molecule has 6 heteroatoms. The fourth-order valence-electron chi connectivity index (χ4n) is 2.01. The first kappa shape index (κ1) is 17.8. The number of nitrogens with zero attached hydrogens (tertiary/aromatic N) is 1. The van der Waals surface area contributed by atoms with Crippen molar-refractivity contribution in [2.45, 2.75) is 0 Å². The molecule has 122 valence electrons. The van der Waals surface area contributed by atoms with Crippen LogP contribution in [0.3, 0.4) is 0 Å². The average molecular weight is 434 g/mol. The van der Waals surface area contributed by atoms with E-state index in [1.165, 1.54) is 13.2 Å². The van der Waals surface area contributed by atoms with Gasteiger partial charge in [0, 0.05) is 20.9 Å². The quantitative estimate of drug-likeness (QED) is 0.441. The van der Waals surface area contributed by atoms with E-state index in [1.807, 2.05) is 24.3 Å². The van der Waals surface area contributed by atoms with Crippen molar-refractivity contribution in [2.24, 2.45) is 0 Å². The van der Waals surface area contributed by atoms with Crippen molar-refractivity contribution in [2.75, 3.05) is 19.5 Å². The number of carbonyl (C=O) groups excluding carboxylic acids is 1. The molecule has 0 radical (unpaired) electrons. The monoisotopic (exact) mass is 434 g/mol. The number of hydrogen-bond acceptors (Lipinski definition) is 4. The highest BCUT2D eigenvalue weighted by molar-refractivity contribution is 14.1. The van der Waals surface area contributed by atoms with Gasteiger partial charge >= 0.3 is 0 Å². The second kappa shape index (κ2) is 8.36. The van der Waals surface area contributed by atoms with Gasteiger partial charge < -0.3 is 14.8 Å². The van der Waals surface area contributed by atoms with E-state index in [4.69, 9.17) is 9.47 Å². The minimum atomic E-state index is -0.475. The molecule has 2 aromatic rings. The molecule has 2 aromatic carbocycles. The number of amides is 1. The van der Waals surface area contributed by atoms with Crippen molar-refractivity contribution in [3.05, 3.63) is 57.2 Å². The minimum Gasteiger partial charge on any atom is -0.497 e. The molecule has 0 saturated heterocycles. The Kier molecular flexibility index (Phi) is 6.21. The van der Waals surface area contributed by atoms with Crippen LogP contribution < -0.4 is 14.8 Å². The summed E-state index contributed by atoms with van der Waals surface area (Å²) in [6.07, 6.45) is 1.49. The van der Waals surface area contributed by atoms with Crippen LogP contribution in [0.25, 0.3) is 6.08 Å². The third-order valence-corrected chi connectivity index (χ3v) is 3.86. The van der Waals surface area contributed by atoms with E-state index in [2.05, 4.69) is 27.9 Å². The maximum Gasteiger partial charge on any atom is 0.266 e. The molecule has 0 unspecified atom stereocenters. The van der Waals surface area contributed by atoms with Crippen LogP contribution >= 0.6 is 22.6 Å². The number of anilines is 1. The minimum absolute atomic E-state index is 0.0164. The van der Waals surface area contributed by atoms with Crippen LogP contribution in [-0.2, 0) is 4.79 Å². The van der Waals surface area contributed by atoms with Crippen molar-refractivity contribution < 1.29 is 14.3 Å². The SMILES string of the molecule is COc1ccc(/C=C(\C#N)C(=O)Nc2cccc(I)c2)c(OC)c1. The predicted octanol–water partition coefficient (Wildman–Crippen LogP) is 3.85. The summed E-state index contributed by atoms with van der Waals surface area (Å²) in [7, 11) is 3.07. The van der Waals surface area contributed by atoms with Gasteiger partial charge in [-0.15, -0.1) is 0 Å². The molecular formula is C18H15IN2O3. The second-order valence-electron chi connectivity index (χ2n) is 4.74. The molecule has 1 amide bonds. The maximum absolute atomic E-state index is 12.3. The molecule has 0 atom stereocenters. The normalized spacial score (nSPS) is 10.7. The second-order valence-corrected chi connectivity index (χ2v) is 5.99. The van der Waals surface area contributed by atoms with Crippen molar-refractivity contribution in [3.63, 3.8) is 0 Å². The first-order valence-electron chi connectivity index (χ1n) is 6.98. The molecule has 0 heterocycles. The lowest BCUT2D eigenvalue weighted by molar-refractivity contribution is -0.112. The number of carbonyl (C=O) groups is 1. The third kappa shape index (κ3) is 4.49. The number of benzene rings is 2. The van der Waals surface area contributed by atoms with Gasteiger partial charge in [-0.1, -0.05) is 6.07 Å². The van der Waals surface area contributed by atoms with Crippen LogP contribution in [-0.4, -0.2) is 20.1 Å². The van der Waals surface area contributed by atoms with Crippen LogP contribution in [0.4, 0.5) is 5.69 Å². The summed E-state index contributed by atoms with van der Waals surface area (Å²) in [6, 6.07) is 14.4. The third-order valence-electron chi connectivity index (χ3n) is 3.19. The van der Waals surface area contributed by atoms with Crippen molar-refractivity contribution >= 4 is 40.3 Å². The highest BCUT2D eigenvalue weighted by Crippen LogP contribution is 2.26. The Hall–Kier alpha value is -2.53. The molecule has 0 fully saturated rings. The Balaban J connectivity index is 2.29. The molecule has 0 aliphatic carbocycles. The van der Waals surface area contributed by atoms with Crippen LogP contribution in [0.1, 0.15) is 5.56 Å². The first-order valence-corrected chi connectivity index (χ1v) is 8.06. The molecule has 2 rings (SSSR count). The van der Waals surface area contributed by atoms with Gasteiger partial charge in [-0.2, -0.15) is 5.26 Å². The van der Waals surface area contributed by atoms with Gasteiger partial charge in [0.25, 0.3) is 5.91 Å². The molecule has 5 nitrogen and oxygen atoms in total. The largest absolute Gasteiger partial charge is 0.497 e. The highest BCUT2D eigenvalue weighted by atomic mass is 127. The van der Waals surface area contributed by atoms with E-state index >= 15 is 0 Å². The van der Waals surface area contributed by atoms with E-state index < -0.39 is 5.91 Å². The smallest absolute Gasteiger partial charge is 0.266 e. The summed E-state index contributed by atoms with van der Waals surface area (Å²) in [5.74, 6) is 0.673. The lowest BCUT2D eigenvalue weighted by Gasteiger charge is -2.08. The summed E-state index contributed by atoms with van der Waals surface area (Å²) in [6.45, 7) is 0. The average Bonchev–Trinajstić information content (AvgIpc) is 2.59. The zero-order valence-corrected chi connectivity index (χ0v) is 15.3. The molecule has 0 saturated carbocycles. The van der Waals surface area contributed by atoms with Crippen molar-refractivity contribution in [1.82, 2.24) is 0 Å². The van der Waals surface area contributed by atoms with Gasteiger partial charge in [0.05, 0.1) is 14.2 Å². The summed E-state index contributed by atoms with van der Waals surface area (Å²) >= 11 is 2.15. The van der Waals surface area contributed by atoms with Gasteiger partial charge in [-0.25, -0.2) is 0 Å². The molecule has 0 bridgehead atoms. The Labute approximate surface area is 154 Å². The van der Waals surface area contributed by atoms with Gasteiger partial charge in [0.15, 0.2) is 0 Å². The zero-order valence-electron chi connectivity index (χ0n) is 13.2. The first-order chi connectivity index (χ1) is 11.6. The number of methoxy groups -OCH3 is 2. The molecule has 0 aliphatic heterocycles. The Bertz CT molecular complexity index is 825. The van der Waals surface area contributed by atoms with E-state index in [1.54, 1.807) is 31.4 Å². The summed E-state index contributed by atoms with van der Waals surface area (Å²) in [5.41, 5.74) is 1.24. The number of nitriles is 1. The molecule has 0 spiro atoms. The van der Waals surface area contributed by atoms with E-state index in [0.717, 1.165) is 3.57 Å². The lowest BCUT2D eigenvalue weighted by Crippen LogP contribution is -2.13. The molecule has 0 aromatic heterocycles. The number of rotatable bonds is 5. The van der Waals surface area contributed by atoms with Gasteiger partial charge in [0.1, 0.15) is 23.1 Å². The van der Waals surface area contributed by atoms with Crippen molar-refractivity contribution in [3.8, 4) is 17.6 Å². The number of hydrogen-bond donors (Lipinski definition) is 1. The standard InChI is InChI=1S/C18H15IN2O3/c1-23-16-7-6-12(17(10-16)24-2)8-13(11-20)18(22)21-15-5-3-4-14(19)9-15/h3-10H,1-2H3,(H,21,22)/b13-8+. The van der Waals surface area contributed by atoms with Crippen LogP contribution in [0.5, 0.6) is 11.5 Å². The fourth-order valence-corrected chi connectivity index (χ4v) is 2.55. The Morgan fingerprint density at radius 2 is 2.00 bits per heavy atom. The predicted molar refractivity (Wildman–Crippen MR) is 101 cm³/mol. The number of nitrogens with one attached hydrogen (secondary N) is 1. The van der Waals surface area contributed by atoms with E-state index in [9.17, 15) is 10.1 Å². The summed E-state index contributed by atoms with van der Waals surface area (Å²) in [4.78, 5) is 12.3. The Morgan fingerprint density at radius 3 is 2.62 bits per heavy atom. The number of ether oxygens (including phenoxy) is 2. The van der Waals surface area contributed by atoms with Crippen LogP contribution in [0.15, 0.2) is 48.0 Å². The van der Waals surface area contributed by atoms with Gasteiger partial charge in [-0.05, 0) is 59.0 Å². The highest BCUT2D eigenvalue weighted by Gasteiger charge is 2.12. The summed E-state index contributed by atoms with van der Waals surface area (Å²) < 4.78 is 11.4. The topological polar surface area (TPSA) is 71.3 Å². The van der Waals surface area contributed by atoms with Crippen LogP contribution in [0, 0.1) is 14.9 Å². The zero-order chi connectivity index (χ0) is 17.5.